The fourth-order valence-electron chi connectivity index (χ4n) is 2.16. The van der Waals surface area contributed by atoms with Crippen molar-refractivity contribution in [2.45, 2.75) is 19.1 Å². The topological polar surface area (TPSA) is 79.2 Å². The van der Waals surface area contributed by atoms with E-state index < -0.39 is 0 Å². The van der Waals surface area contributed by atoms with Crippen LogP contribution in [0.2, 0.25) is 0 Å². The van der Waals surface area contributed by atoms with Crippen LogP contribution in [0.4, 0.5) is 0 Å². The number of carbonyl (C=O) groups excluding carboxylic acids is 1. The number of aliphatic hydroxyl groups is 1. The molecular weight excluding hydrogens is 262 g/mol. The summed E-state index contributed by atoms with van der Waals surface area (Å²) in [4.78, 5) is 13.7. The Balaban J connectivity index is 1.90. The summed E-state index contributed by atoms with van der Waals surface area (Å²) in [6, 6.07) is 6.50. The first kappa shape index (κ1) is 14.6. The molecule has 6 nitrogen and oxygen atoms in total. The Morgan fingerprint density at radius 3 is 2.90 bits per heavy atom. The fourth-order valence-corrected chi connectivity index (χ4v) is 2.16. The van der Waals surface area contributed by atoms with Gasteiger partial charge in [-0.3, -0.25) is 4.79 Å². The quantitative estimate of drug-likeness (QED) is 0.834. The predicted molar refractivity (Wildman–Crippen MR) is 71.6 cm³/mol. The molecule has 1 saturated heterocycles. The molecule has 1 amide bonds. The van der Waals surface area contributed by atoms with E-state index in [0.717, 1.165) is 0 Å². The number of phenols is 1. The van der Waals surface area contributed by atoms with Crippen molar-refractivity contribution < 1.29 is 24.5 Å². The van der Waals surface area contributed by atoms with Crippen LogP contribution in [0.3, 0.4) is 0 Å². The van der Waals surface area contributed by atoms with Crippen LogP contribution < -0.4 is 4.74 Å². The van der Waals surface area contributed by atoms with Gasteiger partial charge in [-0.25, -0.2) is 0 Å². The first-order valence-corrected chi connectivity index (χ1v) is 6.55. The number of carbonyl (C=O) groups is 1. The van der Waals surface area contributed by atoms with E-state index in [0.29, 0.717) is 13.1 Å². The maximum Gasteiger partial charge on any atom is 0.260 e. The number of aromatic hydroxyl groups is 1. The van der Waals surface area contributed by atoms with E-state index in [2.05, 4.69) is 0 Å². The van der Waals surface area contributed by atoms with E-state index in [4.69, 9.17) is 14.6 Å². The monoisotopic (exact) mass is 281 g/mol. The number of benzene rings is 1. The molecule has 6 heteroatoms. The maximum atomic E-state index is 12.1. The van der Waals surface area contributed by atoms with E-state index in [-0.39, 0.29) is 42.8 Å². The minimum atomic E-state index is -0.354. The number of morpholine rings is 1. The van der Waals surface area contributed by atoms with Crippen molar-refractivity contribution >= 4 is 5.91 Å². The van der Waals surface area contributed by atoms with Crippen molar-refractivity contribution in [2.24, 2.45) is 0 Å². The summed E-state index contributed by atoms with van der Waals surface area (Å²) >= 11 is 0. The molecule has 0 aliphatic carbocycles. The Kier molecular flexibility index (Phi) is 4.81. The molecule has 2 unspecified atom stereocenters. The third-order valence-corrected chi connectivity index (χ3v) is 3.10. The molecule has 2 atom stereocenters. The summed E-state index contributed by atoms with van der Waals surface area (Å²) in [6.07, 6.45) is -0.470. The van der Waals surface area contributed by atoms with Crippen LogP contribution in [0.15, 0.2) is 24.3 Å². The third kappa shape index (κ3) is 3.61. The first-order chi connectivity index (χ1) is 9.60. The van der Waals surface area contributed by atoms with Crippen molar-refractivity contribution in [1.82, 2.24) is 4.90 Å². The molecular formula is C14H19NO5. The highest BCUT2D eigenvalue weighted by atomic mass is 16.5. The van der Waals surface area contributed by atoms with Gasteiger partial charge < -0.3 is 24.6 Å². The Morgan fingerprint density at radius 1 is 1.45 bits per heavy atom. The van der Waals surface area contributed by atoms with E-state index in [9.17, 15) is 9.90 Å². The van der Waals surface area contributed by atoms with Gasteiger partial charge in [0.2, 0.25) is 0 Å². The number of hydrogen-bond donors (Lipinski definition) is 2. The molecule has 2 rings (SSSR count). The lowest BCUT2D eigenvalue weighted by Crippen LogP contribution is -2.51. The largest absolute Gasteiger partial charge is 0.504 e. The number of rotatable bonds is 4. The summed E-state index contributed by atoms with van der Waals surface area (Å²) in [5.74, 6) is 0.0894. The minimum absolute atomic E-state index is 0.00359. The molecule has 20 heavy (non-hydrogen) atoms. The molecule has 0 radical (unpaired) electrons. The molecule has 0 bridgehead atoms. The van der Waals surface area contributed by atoms with Crippen LogP contribution in [-0.4, -0.2) is 59.5 Å². The van der Waals surface area contributed by atoms with Crippen molar-refractivity contribution in [3.8, 4) is 11.5 Å². The molecule has 1 heterocycles. The molecule has 2 N–H and O–H groups in total. The van der Waals surface area contributed by atoms with Crippen molar-refractivity contribution in [2.75, 3.05) is 26.3 Å². The summed E-state index contributed by atoms with van der Waals surface area (Å²) in [5.41, 5.74) is 0. The highest BCUT2D eigenvalue weighted by Crippen LogP contribution is 2.24. The van der Waals surface area contributed by atoms with Gasteiger partial charge in [0.25, 0.3) is 5.91 Å². The second-order valence-electron chi connectivity index (χ2n) is 4.81. The molecule has 1 aliphatic heterocycles. The first-order valence-electron chi connectivity index (χ1n) is 6.55. The highest BCUT2D eigenvalue weighted by molar-refractivity contribution is 5.78. The van der Waals surface area contributed by atoms with E-state index >= 15 is 0 Å². The second kappa shape index (κ2) is 6.58. The van der Waals surface area contributed by atoms with Gasteiger partial charge in [0.05, 0.1) is 18.8 Å². The predicted octanol–water partition coefficient (Wildman–Crippen LogP) is 0.379. The number of nitrogens with zero attached hydrogens (tertiary/aromatic N) is 1. The molecule has 1 aromatic carbocycles. The van der Waals surface area contributed by atoms with Gasteiger partial charge in [-0.2, -0.15) is 0 Å². The number of amides is 1. The normalized spacial score (nSPS) is 22.6. The molecule has 110 valence electrons. The van der Waals surface area contributed by atoms with Crippen LogP contribution in [-0.2, 0) is 9.53 Å². The van der Waals surface area contributed by atoms with Gasteiger partial charge >= 0.3 is 0 Å². The van der Waals surface area contributed by atoms with E-state index in [1.807, 2.05) is 6.92 Å². The molecule has 1 aromatic rings. The molecule has 0 aromatic heterocycles. The Morgan fingerprint density at radius 2 is 2.20 bits per heavy atom. The highest BCUT2D eigenvalue weighted by Gasteiger charge is 2.28. The lowest BCUT2D eigenvalue weighted by atomic mass is 10.2. The second-order valence-corrected chi connectivity index (χ2v) is 4.81. The number of aliphatic hydroxyl groups excluding tert-OH is 1. The zero-order valence-electron chi connectivity index (χ0n) is 11.4. The lowest BCUT2D eigenvalue weighted by Gasteiger charge is -2.36. The van der Waals surface area contributed by atoms with Crippen molar-refractivity contribution in [3.05, 3.63) is 24.3 Å². The number of phenolic OH excluding ortho intramolecular Hbond substituents is 1. The van der Waals surface area contributed by atoms with Crippen molar-refractivity contribution in [3.63, 3.8) is 0 Å². The standard InChI is InChI=1S/C14H19NO5/c1-10-6-15(7-11(8-16)20-10)14(18)9-19-13-5-3-2-4-12(13)17/h2-5,10-11,16-17H,6-9H2,1H3. The van der Waals surface area contributed by atoms with Crippen LogP contribution in [0.1, 0.15) is 6.92 Å². The maximum absolute atomic E-state index is 12.1. The van der Waals surface area contributed by atoms with Crippen LogP contribution in [0.5, 0.6) is 11.5 Å². The fraction of sp³-hybridized carbons (Fsp3) is 0.500. The lowest BCUT2D eigenvalue weighted by molar-refractivity contribution is -0.149. The summed E-state index contributed by atoms with van der Waals surface area (Å²) in [7, 11) is 0. The van der Waals surface area contributed by atoms with Crippen LogP contribution >= 0.6 is 0 Å². The van der Waals surface area contributed by atoms with Crippen LogP contribution in [0.25, 0.3) is 0 Å². The van der Waals surface area contributed by atoms with Crippen molar-refractivity contribution in [1.29, 1.82) is 0 Å². The van der Waals surface area contributed by atoms with Gasteiger partial charge in [0.1, 0.15) is 0 Å². The molecule has 1 aliphatic rings. The van der Waals surface area contributed by atoms with E-state index in [1.165, 1.54) is 6.07 Å². The van der Waals surface area contributed by atoms with Crippen LogP contribution in [0, 0.1) is 0 Å². The zero-order valence-corrected chi connectivity index (χ0v) is 11.4. The summed E-state index contributed by atoms with van der Waals surface area (Å²) < 4.78 is 10.8. The smallest absolute Gasteiger partial charge is 0.260 e. The summed E-state index contributed by atoms with van der Waals surface area (Å²) in [5, 5.41) is 18.7. The Bertz CT molecular complexity index is 465. The van der Waals surface area contributed by atoms with Gasteiger partial charge in [0, 0.05) is 13.1 Å². The Hall–Kier alpha value is -1.79. The van der Waals surface area contributed by atoms with Gasteiger partial charge in [-0.05, 0) is 19.1 Å². The molecule has 1 fully saturated rings. The molecule has 0 spiro atoms. The zero-order chi connectivity index (χ0) is 14.5. The average Bonchev–Trinajstić information content (AvgIpc) is 2.45. The van der Waals surface area contributed by atoms with Gasteiger partial charge in [-0.15, -0.1) is 0 Å². The SMILES string of the molecule is CC1CN(C(=O)COc2ccccc2O)CC(CO)O1. The van der Waals surface area contributed by atoms with Gasteiger partial charge in [-0.1, -0.05) is 12.1 Å². The van der Waals surface area contributed by atoms with E-state index in [1.54, 1.807) is 23.1 Å². The summed E-state index contributed by atoms with van der Waals surface area (Å²) in [6.45, 7) is 2.41. The number of para-hydroxylation sites is 2. The minimum Gasteiger partial charge on any atom is -0.504 e. The molecule has 0 saturated carbocycles. The number of hydrogen-bond acceptors (Lipinski definition) is 5. The van der Waals surface area contributed by atoms with Gasteiger partial charge in [0.15, 0.2) is 18.1 Å². The number of ether oxygens (including phenoxy) is 2. The average molecular weight is 281 g/mol. The Labute approximate surface area is 117 Å². The third-order valence-electron chi connectivity index (χ3n) is 3.10.